The quantitative estimate of drug-likeness (QED) is 0.899. The molecule has 1 atom stereocenters. The van der Waals surface area contributed by atoms with Crippen molar-refractivity contribution in [2.24, 2.45) is 0 Å². The van der Waals surface area contributed by atoms with E-state index in [-0.39, 0.29) is 10.9 Å². The Kier molecular flexibility index (Phi) is 3.73. The average Bonchev–Trinajstić information content (AvgIpc) is 2.85. The van der Waals surface area contributed by atoms with Crippen LogP contribution in [0.5, 0.6) is 0 Å². The molecule has 0 fully saturated rings. The SMILES string of the molecule is Cc1ccc(S(=O)(=O)NC(C)c2cn[nH]c2)cc1C. The van der Waals surface area contributed by atoms with Gasteiger partial charge in [0.15, 0.2) is 0 Å². The smallest absolute Gasteiger partial charge is 0.241 e. The lowest BCUT2D eigenvalue weighted by atomic mass is 10.1. The van der Waals surface area contributed by atoms with E-state index in [0.29, 0.717) is 0 Å². The van der Waals surface area contributed by atoms with E-state index >= 15 is 0 Å². The minimum Gasteiger partial charge on any atom is -0.285 e. The number of aromatic nitrogens is 2. The fourth-order valence-corrected chi connectivity index (χ4v) is 3.06. The lowest BCUT2D eigenvalue weighted by molar-refractivity contribution is 0.567. The maximum Gasteiger partial charge on any atom is 0.241 e. The third-order valence-corrected chi connectivity index (χ3v) is 4.68. The van der Waals surface area contributed by atoms with Gasteiger partial charge >= 0.3 is 0 Å². The van der Waals surface area contributed by atoms with E-state index in [1.165, 1.54) is 0 Å². The van der Waals surface area contributed by atoms with Crippen LogP contribution in [0.25, 0.3) is 0 Å². The molecule has 5 nitrogen and oxygen atoms in total. The van der Waals surface area contributed by atoms with Gasteiger partial charge in [0.2, 0.25) is 10.0 Å². The van der Waals surface area contributed by atoms with Crippen molar-refractivity contribution in [3.63, 3.8) is 0 Å². The maximum atomic E-state index is 12.3. The molecule has 0 saturated carbocycles. The fourth-order valence-electron chi connectivity index (χ4n) is 1.75. The number of aromatic amines is 1. The summed E-state index contributed by atoms with van der Waals surface area (Å²) in [4.78, 5) is 0.283. The normalized spacial score (nSPS) is 13.4. The zero-order valence-corrected chi connectivity index (χ0v) is 12.0. The van der Waals surface area contributed by atoms with Gasteiger partial charge in [0, 0.05) is 17.8 Å². The van der Waals surface area contributed by atoms with E-state index in [2.05, 4.69) is 14.9 Å². The third kappa shape index (κ3) is 3.02. The minimum atomic E-state index is -3.52. The Balaban J connectivity index is 2.25. The molecule has 2 N–H and O–H groups in total. The first kappa shape index (κ1) is 13.8. The number of hydrogen-bond acceptors (Lipinski definition) is 3. The van der Waals surface area contributed by atoms with Crippen LogP contribution >= 0.6 is 0 Å². The molecule has 1 aromatic heterocycles. The second-order valence-corrected chi connectivity index (χ2v) is 6.33. The summed E-state index contributed by atoms with van der Waals surface area (Å²) in [5.74, 6) is 0. The summed E-state index contributed by atoms with van der Waals surface area (Å²) in [5.41, 5.74) is 2.83. The minimum absolute atomic E-state index is 0.283. The van der Waals surface area contributed by atoms with Crippen LogP contribution in [0.2, 0.25) is 0 Å². The number of nitrogens with one attached hydrogen (secondary N) is 2. The Morgan fingerprint density at radius 1 is 1.26 bits per heavy atom. The summed E-state index contributed by atoms with van der Waals surface area (Å²) in [6.45, 7) is 5.63. The summed E-state index contributed by atoms with van der Waals surface area (Å²) in [6, 6.07) is 4.78. The molecule has 2 rings (SSSR count). The molecule has 6 heteroatoms. The predicted molar refractivity (Wildman–Crippen MR) is 73.2 cm³/mol. The predicted octanol–water partition coefficient (Wildman–Crippen LogP) is 2.07. The number of hydrogen-bond donors (Lipinski definition) is 2. The van der Waals surface area contributed by atoms with Crippen LogP contribution in [0.15, 0.2) is 35.5 Å². The summed E-state index contributed by atoms with van der Waals surface area (Å²) < 4.78 is 27.2. The molecule has 0 radical (unpaired) electrons. The van der Waals surface area contributed by atoms with Crippen LogP contribution in [0.1, 0.15) is 29.7 Å². The second kappa shape index (κ2) is 5.14. The lowest BCUT2D eigenvalue weighted by Crippen LogP contribution is -2.26. The van der Waals surface area contributed by atoms with Crippen LogP contribution in [0.3, 0.4) is 0 Å². The molecule has 0 aliphatic rings. The summed E-state index contributed by atoms with van der Waals surface area (Å²) >= 11 is 0. The Morgan fingerprint density at radius 2 is 2.00 bits per heavy atom. The van der Waals surface area contributed by atoms with Crippen LogP contribution in [0, 0.1) is 13.8 Å². The van der Waals surface area contributed by atoms with E-state index in [1.807, 2.05) is 19.9 Å². The number of rotatable bonds is 4. The standard InChI is InChI=1S/C13H17N3O2S/c1-9-4-5-13(6-10(9)2)19(17,18)16-11(3)12-7-14-15-8-12/h4-8,11,16H,1-3H3,(H,14,15). The van der Waals surface area contributed by atoms with E-state index in [1.54, 1.807) is 31.5 Å². The zero-order chi connectivity index (χ0) is 14.0. The Hall–Kier alpha value is -1.66. The molecule has 1 heterocycles. The van der Waals surface area contributed by atoms with Crippen LogP contribution in [0.4, 0.5) is 0 Å². The van der Waals surface area contributed by atoms with Crippen molar-refractivity contribution >= 4 is 10.0 Å². The Labute approximate surface area is 113 Å². The first-order valence-electron chi connectivity index (χ1n) is 5.98. The van der Waals surface area contributed by atoms with Crippen LogP contribution in [-0.4, -0.2) is 18.6 Å². The molecule has 0 spiro atoms. The number of nitrogens with zero attached hydrogens (tertiary/aromatic N) is 1. The first-order chi connectivity index (χ1) is 8.90. The second-order valence-electron chi connectivity index (χ2n) is 4.62. The average molecular weight is 279 g/mol. The van der Waals surface area contributed by atoms with Crippen LogP contribution in [-0.2, 0) is 10.0 Å². The van der Waals surface area contributed by atoms with Crippen molar-refractivity contribution in [1.82, 2.24) is 14.9 Å². The molecule has 0 aliphatic heterocycles. The molecule has 0 saturated heterocycles. The highest BCUT2D eigenvalue weighted by molar-refractivity contribution is 7.89. The Morgan fingerprint density at radius 3 is 2.58 bits per heavy atom. The van der Waals surface area contributed by atoms with Crippen molar-refractivity contribution in [3.8, 4) is 0 Å². The number of H-pyrrole nitrogens is 1. The molecule has 0 amide bonds. The van der Waals surface area contributed by atoms with Gasteiger partial charge in [-0.2, -0.15) is 5.10 Å². The molecular formula is C13H17N3O2S. The van der Waals surface area contributed by atoms with Gasteiger partial charge in [-0.25, -0.2) is 13.1 Å². The highest BCUT2D eigenvalue weighted by Crippen LogP contribution is 2.18. The van der Waals surface area contributed by atoms with E-state index < -0.39 is 10.0 Å². The van der Waals surface area contributed by atoms with Crippen molar-refractivity contribution in [2.45, 2.75) is 31.7 Å². The largest absolute Gasteiger partial charge is 0.285 e. The first-order valence-corrected chi connectivity index (χ1v) is 7.47. The van der Waals surface area contributed by atoms with Gasteiger partial charge in [0.1, 0.15) is 0 Å². The highest BCUT2D eigenvalue weighted by Gasteiger charge is 2.19. The van der Waals surface area contributed by atoms with E-state index in [9.17, 15) is 8.42 Å². The van der Waals surface area contributed by atoms with Crippen molar-refractivity contribution in [2.75, 3.05) is 0 Å². The van der Waals surface area contributed by atoms with Gasteiger partial charge in [-0.05, 0) is 44.0 Å². The molecule has 0 aliphatic carbocycles. The molecule has 102 valence electrons. The summed E-state index contributed by atoms with van der Waals surface area (Å²) in [6.07, 6.45) is 3.28. The number of benzene rings is 1. The van der Waals surface area contributed by atoms with Gasteiger partial charge in [0.05, 0.1) is 11.1 Å². The maximum absolute atomic E-state index is 12.3. The topological polar surface area (TPSA) is 74.8 Å². The Bertz CT molecular complexity index is 663. The molecule has 1 unspecified atom stereocenters. The third-order valence-electron chi connectivity index (χ3n) is 3.14. The van der Waals surface area contributed by atoms with Crippen molar-refractivity contribution < 1.29 is 8.42 Å². The molecule has 0 bridgehead atoms. The number of sulfonamides is 1. The van der Waals surface area contributed by atoms with Crippen molar-refractivity contribution in [1.29, 1.82) is 0 Å². The van der Waals surface area contributed by atoms with Gasteiger partial charge in [-0.1, -0.05) is 6.07 Å². The van der Waals surface area contributed by atoms with Gasteiger partial charge in [-0.15, -0.1) is 0 Å². The van der Waals surface area contributed by atoms with Crippen LogP contribution < -0.4 is 4.72 Å². The number of aryl methyl sites for hydroxylation is 2. The molecule has 19 heavy (non-hydrogen) atoms. The lowest BCUT2D eigenvalue weighted by Gasteiger charge is -2.13. The molecular weight excluding hydrogens is 262 g/mol. The van der Waals surface area contributed by atoms with E-state index in [4.69, 9.17) is 0 Å². The van der Waals surface area contributed by atoms with Crippen molar-refractivity contribution in [3.05, 3.63) is 47.3 Å². The van der Waals surface area contributed by atoms with Gasteiger partial charge in [0.25, 0.3) is 0 Å². The van der Waals surface area contributed by atoms with E-state index in [0.717, 1.165) is 16.7 Å². The zero-order valence-electron chi connectivity index (χ0n) is 11.1. The van der Waals surface area contributed by atoms with Gasteiger partial charge in [-0.3, -0.25) is 5.10 Å². The molecule has 2 aromatic rings. The highest BCUT2D eigenvalue weighted by atomic mass is 32.2. The van der Waals surface area contributed by atoms with Gasteiger partial charge < -0.3 is 0 Å². The monoisotopic (exact) mass is 279 g/mol. The summed E-state index contributed by atoms with van der Waals surface area (Å²) in [7, 11) is -3.52. The fraction of sp³-hybridized carbons (Fsp3) is 0.308. The summed E-state index contributed by atoms with van der Waals surface area (Å²) in [5, 5.41) is 6.48. The molecule has 1 aromatic carbocycles.